The first-order chi connectivity index (χ1) is 9.36. The molecule has 1 aromatic carbocycles. The average molecular weight is 250 g/mol. The molecule has 0 bridgehead atoms. The number of nitrogens with one attached hydrogen (secondary N) is 1. The average Bonchev–Trinajstić information content (AvgIpc) is 2.48. The van der Waals surface area contributed by atoms with Crippen molar-refractivity contribution in [2.45, 2.75) is 25.7 Å². The smallest absolute Gasteiger partial charge is 0.158 e. The number of nitriles is 1. The van der Waals surface area contributed by atoms with Gasteiger partial charge in [-0.3, -0.25) is 0 Å². The molecule has 4 nitrogen and oxygen atoms in total. The van der Waals surface area contributed by atoms with E-state index >= 15 is 0 Å². The van der Waals surface area contributed by atoms with Gasteiger partial charge in [-0.15, -0.1) is 0 Å². The molecule has 1 N–H and O–H groups in total. The molecule has 0 saturated carbocycles. The van der Waals surface area contributed by atoms with Crippen LogP contribution in [-0.4, -0.2) is 9.97 Å². The highest BCUT2D eigenvalue weighted by atomic mass is 15.0. The zero-order valence-electron chi connectivity index (χ0n) is 10.6. The molecule has 3 rings (SSSR count). The van der Waals surface area contributed by atoms with Gasteiger partial charge in [0.05, 0.1) is 12.4 Å². The van der Waals surface area contributed by atoms with Gasteiger partial charge < -0.3 is 5.32 Å². The molecular weight excluding hydrogens is 236 g/mol. The summed E-state index contributed by atoms with van der Waals surface area (Å²) in [5.41, 5.74) is 4.26. The van der Waals surface area contributed by atoms with Crippen molar-refractivity contribution in [2.24, 2.45) is 0 Å². The van der Waals surface area contributed by atoms with Crippen LogP contribution in [0, 0.1) is 11.3 Å². The number of hydrogen-bond acceptors (Lipinski definition) is 4. The Morgan fingerprint density at radius 1 is 1.11 bits per heavy atom. The monoisotopic (exact) mass is 250 g/mol. The molecule has 0 atom stereocenters. The Labute approximate surface area is 112 Å². The molecule has 0 aliphatic heterocycles. The maximum absolute atomic E-state index is 8.70. The number of aryl methyl sites for hydroxylation is 1. The normalized spacial score (nSPS) is 13.4. The summed E-state index contributed by atoms with van der Waals surface area (Å²) in [6, 6.07) is 8.31. The summed E-state index contributed by atoms with van der Waals surface area (Å²) >= 11 is 0. The molecule has 19 heavy (non-hydrogen) atoms. The van der Waals surface area contributed by atoms with E-state index in [1.165, 1.54) is 30.2 Å². The number of rotatable bonds is 2. The molecule has 0 amide bonds. The van der Waals surface area contributed by atoms with Crippen LogP contribution < -0.4 is 5.32 Å². The third kappa shape index (κ3) is 2.41. The van der Waals surface area contributed by atoms with Crippen LogP contribution in [0.5, 0.6) is 0 Å². The summed E-state index contributed by atoms with van der Waals surface area (Å²) in [5.74, 6) is 0.679. The number of anilines is 2. The number of benzene rings is 1. The fourth-order valence-electron chi connectivity index (χ4n) is 2.49. The van der Waals surface area contributed by atoms with Crippen LogP contribution in [0.15, 0.2) is 30.6 Å². The highest BCUT2D eigenvalue weighted by Gasteiger charge is 2.13. The van der Waals surface area contributed by atoms with Crippen LogP contribution in [0.3, 0.4) is 0 Å². The zero-order valence-corrected chi connectivity index (χ0v) is 10.6. The minimum absolute atomic E-state index is 0.334. The van der Waals surface area contributed by atoms with Crippen LogP contribution in [0.2, 0.25) is 0 Å². The van der Waals surface area contributed by atoms with E-state index in [-0.39, 0.29) is 0 Å². The van der Waals surface area contributed by atoms with Gasteiger partial charge >= 0.3 is 0 Å². The minimum Gasteiger partial charge on any atom is -0.339 e. The largest absolute Gasteiger partial charge is 0.339 e. The van der Waals surface area contributed by atoms with E-state index in [1.807, 2.05) is 6.07 Å². The second-order valence-electron chi connectivity index (χ2n) is 4.67. The third-order valence-electron chi connectivity index (χ3n) is 3.43. The predicted molar refractivity (Wildman–Crippen MR) is 73.1 cm³/mol. The van der Waals surface area contributed by atoms with Gasteiger partial charge in [-0.1, -0.05) is 12.1 Å². The van der Waals surface area contributed by atoms with E-state index in [0.717, 1.165) is 18.5 Å². The topological polar surface area (TPSA) is 61.6 Å². The van der Waals surface area contributed by atoms with Crippen molar-refractivity contribution in [3.63, 3.8) is 0 Å². The van der Waals surface area contributed by atoms with Crippen molar-refractivity contribution in [2.75, 3.05) is 5.32 Å². The molecule has 1 aliphatic carbocycles. The van der Waals surface area contributed by atoms with Crippen molar-refractivity contribution < 1.29 is 0 Å². The highest BCUT2D eigenvalue weighted by Crippen LogP contribution is 2.29. The Morgan fingerprint density at radius 2 is 2.00 bits per heavy atom. The van der Waals surface area contributed by atoms with Crippen molar-refractivity contribution in [3.8, 4) is 6.07 Å². The van der Waals surface area contributed by atoms with Gasteiger partial charge in [0, 0.05) is 5.69 Å². The molecule has 1 heterocycles. The Balaban J connectivity index is 1.88. The second kappa shape index (κ2) is 5.07. The summed E-state index contributed by atoms with van der Waals surface area (Å²) in [4.78, 5) is 8.22. The molecule has 0 unspecified atom stereocenters. The zero-order chi connectivity index (χ0) is 13.1. The molecule has 4 heteroatoms. The molecule has 0 radical (unpaired) electrons. The lowest BCUT2D eigenvalue weighted by Gasteiger charge is -2.19. The highest BCUT2D eigenvalue weighted by molar-refractivity contribution is 5.62. The van der Waals surface area contributed by atoms with Gasteiger partial charge in [0.25, 0.3) is 0 Å². The Morgan fingerprint density at radius 3 is 2.79 bits per heavy atom. The van der Waals surface area contributed by atoms with Crippen LogP contribution in [0.4, 0.5) is 11.5 Å². The minimum atomic E-state index is 0.334. The van der Waals surface area contributed by atoms with E-state index in [0.29, 0.717) is 11.5 Å². The number of fused-ring (bicyclic) bond motifs is 1. The maximum Gasteiger partial charge on any atom is 0.158 e. The lowest BCUT2D eigenvalue weighted by Crippen LogP contribution is -2.06. The molecule has 0 fully saturated rings. The number of nitrogens with zero attached hydrogens (tertiary/aromatic N) is 3. The van der Waals surface area contributed by atoms with Crippen LogP contribution in [0.25, 0.3) is 0 Å². The molecule has 1 aliphatic rings. The maximum atomic E-state index is 8.70. The van der Waals surface area contributed by atoms with Crippen LogP contribution in [-0.2, 0) is 12.8 Å². The van der Waals surface area contributed by atoms with E-state index in [2.05, 4.69) is 33.5 Å². The Hall–Kier alpha value is -2.41. The first kappa shape index (κ1) is 11.7. The molecule has 94 valence electrons. The Bertz CT molecular complexity index is 626. The van der Waals surface area contributed by atoms with E-state index in [1.54, 1.807) is 6.20 Å². The standard InChI is InChI=1S/C15H14N4/c16-8-12-9-18-15(10-17-12)19-14-7-3-5-11-4-1-2-6-13(11)14/h3,5,7,9-10H,1-2,4,6H2,(H,18,19). The lowest BCUT2D eigenvalue weighted by atomic mass is 9.90. The quantitative estimate of drug-likeness (QED) is 0.890. The first-order valence-electron chi connectivity index (χ1n) is 6.47. The van der Waals surface area contributed by atoms with E-state index in [9.17, 15) is 0 Å². The van der Waals surface area contributed by atoms with Crippen molar-refractivity contribution in [3.05, 3.63) is 47.4 Å². The summed E-state index contributed by atoms with van der Waals surface area (Å²) < 4.78 is 0. The summed E-state index contributed by atoms with van der Waals surface area (Å²) in [6.07, 6.45) is 7.86. The number of aromatic nitrogens is 2. The molecule has 0 saturated heterocycles. The molecule has 2 aromatic rings. The predicted octanol–water partition coefficient (Wildman–Crippen LogP) is 2.97. The Kier molecular flexibility index (Phi) is 3.11. The van der Waals surface area contributed by atoms with Crippen LogP contribution >= 0.6 is 0 Å². The van der Waals surface area contributed by atoms with Crippen LogP contribution in [0.1, 0.15) is 29.7 Å². The summed E-state index contributed by atoms with van der Waals surface area (Å²) in [5, 5.41) is 12.0. The van der Waals surface area contributed by atoms with Gasteiger partial charge in [-0.25, -0.2) is 9.97 Å². The van der Waals surface area contributed by atoms with Crippen molar-refractivity contribution in [1.29, 1.82) is 5.26 Å². The van der Waals surface area contributed by atoms with Gasteiger partial charge in [0.15, 0.2) is 5.69 Å². The van der Waals surface area contributed by atoms with Crippen molar-refractivity contribution >= 4 is 11.5 Å². The lowest BCUT2D eigenvalue weighted by molar-refractivity contribution is 0.687. The fraction of sp³-hybridized carbons (Fsp3) is 0.267. The number of hydrogen-bond donors (Lipinski definition) is 1. The van der Waals surface area contributed by atoms with Gasteiger partial charge in [0.2, 0.25) is 0 Å². The van der Waals surface area contributed by atoms with E-state index in [4.69, 9.17) is 5.26 Å². The summed E-state index contributed by atoms with van der Waals surface area (Å²) in [6.45, 7) is 0. The van der Waals surface area contributed by atoms with Gasteiger partial charge in [0.1, 0.15) is 11.9 Å². The van der Waals surface area contributed by atoms with Gasteiger partial charge in [-0.05, 0) is 42.9 Å². The molecule has 0 spiro atoms. The fourth-order valence-corrected chi connectivity index (χ4v) is 2.49. The van der Waals surface area contributed by atoms with Gasteiger partial charge in [-0.2, -0.15) is 5.26 Å². The SMILES string of the molecule is N#Cc1cnc(Nc2cccc3c2CCCC3)cn1. The van der Waals surface area contributed by atoms with E-state index < -0.39 is 0 Å². The molecular formula is C15H14N4. The first-order valence-corrected chi connectivity index (χ1v) is 6.47. The second-order valence-corrected chi connectivity index (χ2v) is 4.67. The van der Waals surface area contributed by atoms with Crippen molar-refractivity contribution in [1.82, 2.24) is 9.97 Å². The third-order valence-corrected chi connectivity index (χ3v) is 3.43. The molecule has 1 aromatic heterocycles. The summed E-state index contributed by atoms with van der Waals surface area (Å²) in [7, 11) is 0.